The van der Waals surface area contributed by atoms with Gasteiger partial charge >= 0.3 is 0 Å². The van der Waals surface area contributed by atoms with Crippen LogP contribution in [-0.4, -0.2) is 64.7 Å². The molecule has 0 radical (unpaired) electrons. The average molecular weight is 378 g/mol. The zero-order valence-corrected chi connectivity index (χ0v) is 16.2. The molecular weight excluding hydrogens is 352 g/mol. The van der Waals surface area contributed by atoms with E-state index in [2.05, 4.69) is 44.6 Å². The third-order valence-electron chi connectivity index (χ3n) is 5.57. The number of fused-ring (bicyclic) bond motifs is 1. The molecule has 1 saturated heterocycles. The molecule has 0 spiro atoms. The summed E-state index contributed by atoms with van der Waals surface area (Å²) in [7, 11) is 0. The van der Waals surface area contributed by atoms with Gasteiger partial charge in [-0.25, -0.2) is 4.98 Å². The Morgan fingerprint density at radius 3 is 2.50 bits per heavy atom. The molecule has 28 heavy (non-hydrogen) atoms. The van der Waals surface area contributed by atoms with Gasteiger partial charge in [-0.05, 0) is 24.2 Å². The SMILES string of the molecule is CCN1CCN(c2ccnc3c2ccn3Cc2ccc(C(=O)CO)cc2)CC1. The van der Waals surface area contributed by atoms with Crippen LogP contribution in [0.4, 0.5) is 5.69 Å². The number of carbonyl (C=O) groups is 1. The van der Waals surface area contributed by atoms with Gasteiger partial charge in [0.15, 0.2) is 5.78 Å². The Balaban J connectivity index is 1.56. The number of hydrogen-bond donors (Lipinski definition) is 1. The van der Waals surface area contributed by atoms with E-state index in [0.29, 0.717) is 12.1 Å². The smallest absolute Gasteiger partial charge is 0.188 e. The second kappa shape index (κ2) is 8.12. The lowest BCUT2D eigenvalue weighted by atomic mass is 10.1. The Morgan fingerprint density at radius 1 is 1.07 bits per heavy atom. The molecule has 1 aliphatic heterocycles. The number of hydrogen-bond acceptors (Lipinski definition) is 5. The van der Waals surface area contributed by atoms with Gasteiger partial charge in [-0.1, -0.05) is 31.2 Å². The van der Waals surface area contributed by atoms with Crippen molar-refractivity contribution in [2.75, 3.05) is 44.2 Å². The average Bonchev–Trinajstić information content (AvgIpc) is 3.16. The molecule has 0 unspecified atom stereocenters. The van der Waals surface area contributed by atoms with Gasteiger partial charge in [0.2, 0.25) is 0 Å². The highest BCUT2D eigenvalue weighted by molar-refractivity contribution is 5.96. The van der Waals surface area contributed by atoms with Gasteiger partial charge in [0.25, 0.3) is 0 Å². The molecule has 0 aliphatic carbocycles. The highest BCUT2D eigenvalue weighted by Crippen LogP contribution is 2.27. The Kier molecular flexibility index (Phi) is 5.41. The maximum Gasteiger partial charge on any atom is 0.188 e. The standard InChI is InChI=1S/C22H26N4O2/c1-2-24-11-13-25(14-12-24)20-7-9-23-22-19(20)8-10-26(22)15-17-3-5-18(6-4-17)21(28)16-27/h3-10,27H,2,11-16H2,1H3. The van der Waals surface area contributed by atoms with Gasteiger partial charge in [-0.3, -0.25) is 4.79 Å². The number of carbonyl (C=O) groups excluding carboxylic acids is 1. The van der Waals surface area contributed by atoms with Crippen LogP contribution in [0.2, 0.25) is 0 Å². The summed E-state index contributed by atoms with van der Waals surface area (Å²) in [5.41, 5.74) is 3.86. The maximum atomic E-state index is 11.6. The lowest BCUT2D eigenvalue weighted by Crippen LogP contribution is -2.46. The highest BCUT2D eigenvalue weighted by atomic mass is 16.3. The Hall–Kier alpha value is -2.70. The van der Waals surface area contributed by atoms with Crippen molar-refractivity contribution in [3.05, 3.63) is 59.9 Å². The number of ketones is 1. The number of nitrogens with zero attached hydrogens (tertiary/aromatic N) is 4. The molecule has 6 nitrogen and oxygen atoms in total. The van der Waals surface area contributed by atoms with Gasteiger partial charge in [0.05, 0.1) is 0 Å². The molecule has 1 aliphatic rings. The van der Waals surface area contributed by atoms with Crippen LogP contribution in [0.5, 0.6) is 0 Å². The number of pyridine rings is 1. The van der Waals surface area contributed by atoms with Crippen molar-refractivity contribution < 1.29 is 9.90 Å². The molecule has 3 heterocycles. The van der Waals surface area contributed by atoms with Crippen LogP contribution in [0, 0.1) is 0 Å². The monoisotopic (exact) mass is 378 g/mol. The van der Waals surface area contributed by atoms with E-state index >= 15 is 0 Å². The van der Waals surface area contributed by atoms with Crippen LogP contribution < -0.4 is 4.90 Å². The molecule has 1 fully saturated rings. The molecule has 6 heteroatoms. The first-order valence-corrected chi connectivity index (χ1v) is 9.83. The van der Waals surface area contributed by atoms with Crippen molar-refractivity contribution in [1.29, 1.82) is 0 Å². The van der Waals surface area contributed by atoms with Crippen molar-refractivity contribution in [3.8, 4) is 0 Å². The number of piperazine rings is 1. The zero-order valence-electron chi connectivity index (χ0n) is 16.2. The van der Waals surface area contributed by atoms with Crippen LogP contribution in [0.3, 0.4) is 0 Å². The van der Waals surface area contributed by atoms with Crippen molar-refractivity contribution in [3.63, 3.8) is 0 Å². The van der Waals surface area contributed by atoms with Crippen molar-refractivity contribution in [1.82, 2.24) is 14.5 Å². The second-order valence-corrected chi connectivity index (χ2v) is 7.21. The van der Waals surface area contributed by atoms with E-state index < -0.39 is 6.61 Å². The fourth-order valence-electron chi connectivity index (χ4n) is 3.87. The lowest BCUT2D eigenvalue weighted by Gasteiger charge is -2.35. The van der Waals surface area contributed by atoms with Gasteiger partial charge in [-0.15, -0.1) is 0 Å². The van der Waals surface area contributed by atoms with Gasteiger partial charge in [0.1, 0.15) is 12.3 Å². The second-order valence-electron chi connectivity index (χ2n) is 7.21. The summed E-state index contributed by atoms with van der Waals surface area (Å²) in [4.78, 5) is 21.1. The molecule has 3 aromatic rings. The van der Waals surface area contributed by atoms with Crippen molar-refractivity contribution >= 4 is 22.5 Å². The number of aliphatic hydroxyl groups excluding tert-OH is 1. The van der Waals surface area contributed by atoms with Crippen LogP contribution in [-0.2, 0) is 6.54 Å². The van der Waals surface area contributed by atoms with Crippen molar-refractivity contribution in [2.45, 2.75) is 13.5 Å². The van der Waals surface area contributed by atoms with E-state index in [1.807, 2.05) is 18.3 Å². The fourth-order valence-corrected chi connectivity index (χ4v) is 3.87. The van der Waals surface area contributed by atoms with Crippen molar-refractivity contribution in [2.24, 2.45) is 0 Å². The largest absolute Gasteiger partial charge is 0.388 e. The van der Waals surface area contributed by atoms with E-state index in [1.54, 1.807) is 12.1 Å². The summed E-state index contributed by atoms with van der Waals surface area (Å²) < 4.78 is 2.14. The predicted molar refractivity (Wildman–Crippen MR) is 111 cm³/mol. The molecular formula is C22H26N4O2. The number of aromatic nitrogens is 2. The molecule has 146 valence electrons. The predicted octanol–water partition coefficient (Wildman–Crippen LogP) is 2.40. The molecule has 2 aromatic heterocycles. The van der Waals surface area contributed by atoms with Crippen LogP contribution in [0.15, 0.2) is 48.8 Å². The number of aliphatic hydroxyl groups is 1. The van der Waals surface area contributed by atoms with Gasteiger partial charge in [0, 0.05) is 61.8 Å². The summed E-state index contributed by atoms with van der Waals surface area (Å²) >= 11 is 0. The quantitative estimate of drug-likeness (QED) is 0.668. The third-order valence-corrected chi connectivity index (χ3v) is 5.57. The molecule has 1 N–H and O–H groups in total. The summed E-state index contributed by atoms with van der Waals surface area (Å²) in [6.45, 7) is 7.83. The normalized spacial score (nSPS) is 15.3. The van der Waals surface area contributed by atoms with Gasteiger partial charge in [-0.2, -0.15) is 0 Å². The summed E-state index contributed by atoms with van der Waals surface area (Å²) in [5.74, 6) is -0.257. The van der Waals surface area contributed by atoms with E-state index in [-0.39, 0.29) is 5.78 Å². The first-order valence-electron chi connectivity index (χ1n) is 9.83. The zero-order chi connectivity index (χ0) is 19.5. The first-order chi connectivity index (χ1) is 13.7. The van der Waals surface area contributed by atoms with E-state index in [9.17, 15) is 4.79 Å². The third kappa shape index (κ3) is 3.66. The number of benzene rings is 1. The fraction of sp³-hybridized carbons (Fsp3) is 0.364. The Morgan fingerprint density at radius 2 is 1.82 bits per heavy atom. The lowest BCUT2D eigenvalue weighted by molar-refractivity contribution is 0.0903. The Labute approximate surface area is 165 Å². The highest BCUT2D eigenvalue weighted by Gasteiger charge is 2.18. The molecule has 1 aromatic carbocycles. The summed E-state index contributed by atoms with van der Waals surface area (Å²) in [6.07, 6.45) is 3.97. The van der Waals surface area contributed by atoms with Crippen LogP contribution >= 0.6 is 0 Å². The number of Topliss-reactive ketones (excluding diaryl/α,β-unsaturated/α-hetero) is 1. The topological polar surface area (TPSA) is 61.6 Å². The minimum absolute atomic E-state index is 0.257. The maximum absolute atomic E-state index is 11.6. The van der Waals surface area contributed by atoms with Crippen LogP contribution in [0.1, 0.15) is 22.8 Å². The molecule has 0 bridgehead atoms. The summed E-state index contributed by atoms with van der Waals surface area (Å²) in [6, 6.07) is 11.7. The first kappa shape index (κ1) is 18.7. The molecule has 0 saturated carbocycles. The number of anilines is 1. The number of rotatable bonds is 6. The van der Waals surface area contributed by atoms with Gasteiger partial charge < -0.3 is 19.5 Å². The molecule has 0 atom stereocenters. The number of likely N-dealkylation sites (N-methyl/N-ethyl adjacent to an activating group) is 1. The van der Waals surface area contributed by atoms with E-state index in [4.69, 9.17) is 5.11 Å². The minimum Gasteiger partial charge on any atom is -0.388 e. The summed E-state index contributed by atoms with van der Waals surface area (Å²) in [5, 5.41) is 10.2. The van der Waals surface area contributed by atoms with E-state index in [1.165, 1.54) is 11.1 Å². The minimum atomic E-state index is -0.458. The molecule has 0 amide bonds. The van der Waals surface area contributed by atoms with Crippen LogP contribution in [0.25, 0.3) is 11.0 Å². The van der Waals surface area contributed by atoms with E-state index in [0.717, 1.165) is 43.9 Å². The Bertz CT molecular complexity index is 956. The molecule has 4 rings (SSSR count).